The van der Waals surface area contributed by atoms with Crippen LogP contribution in [0, 0.1) is 5.92 Å². The molecule has 5 rings (SSSR count). The number of anilines is 1. The molecule has 2 amide bonds. The zero-order valence-corrected chi connectivity index (χ0v) is 22.0. The predicted octanol–water partition coefficient (Wildman–Crippen LogP) is 4.74. The molecule has 37 heavy (non-hydrogen) atoms. The third-order valence-corrected chi connectivity index (χ3v) is 8.46. The lowest BCUT2D eigenvalue weighted by molar-refractivity contribution is -0.115. The highest BCUT2D eigenvalue weighted by atomic mass is 32.2. The second kappa shape index (κ2) is 11.4. The molecule has 1 aromatic carbocycles. The number of amides is 2. The summed E-state index contributed by atoms with van der Waals surface area (Å²) in [5, 5.41) is 5.51. The lowest BCUT2D eigenvalue weighted by Gasteiger charge is -2.32. The van der Waals surface area contributed by atoms with Crippen LogP contribution in [0.2, 0.25) is 0 Å². The number of ketones is 1. The standard InChI is InChI=1S/C27H27N5O3S2/c1-17(33)22-5-6-23(36-22)20-4-2-3-19(13-20)16-28-15-18-8-11-32(12-9-18)26-29-10-7-21(30-26)14-24-25(34)31-27(35)37-24/h2-7,10,13-14,18,28H,8-9,11-12,15-16H2,1H3,(H,31,34,35)/b24-14+. The third-order valence-electron chi connectivity index (χ3n) is 6.41. The Morgan fingerprint density at radius 1 is 1.19 bits per heavy atom. The Morgan fingerprint density at radius 3 is 2.76 bits per heavy atom. The highest BCUT2D eigenvalue weighted by Gasteiger charge is 2.25. The van der Waals surface area contributed by atoms with E-state index < -0.39 is 0 Å². The second-order valence-electron chi connectivity index (χ2n) is 9.12. The first-order chi connectivity index (χ1) is 17.9. The molecule has 0 radical (unpaired) electrons. The fourth-order valence-corrected chi connectivity index (χ4v) is 5.99. The van der Waals surface area contributed by atoms with Crippen LogP contribution in [-0.2, 0) is 11.3 Å². The van der Waals surface area contributed by atoms with Crippen LogP contribution < -0.4 is 15.5 Å². The van der Waals surface area contributed by atoms with Gasteiger partial charge in [-0.2, -0.15) is 0 Å². The Hall–Kier alpha value is -3.34. The van der Waals surface area contributed by atoms with Crippen molar-refractivity contribution in [1.82, 2.24) is 20.6 Å². The number of rotatable bonds is 8. The van der Waals surface area contributed by atoms with Gasteiger partial charge < -0.3 is 10.2 Å². The van der Waals surface area contributed by atoms with Crippen LogP contribution in [0.25, 0.3) is 16.5 Å². The molecule has 2 N–H and O–H groups in total. The van der Waals surface area contributed by atoms with Crippen molar-refractivity contribution in [3.05, 3.63) is 69.7 Å². The summed E-state index contributed by atoms with van der Waals surface area (Å²) in [7, 11) is 0. The summed E-state index contributed by atoms with van der Waals surface area (Å²) in [6.45, 7) is 5.08. The van der Waals surface area contributed by atoms with E-state index in [1.165, 1.54) is 16.9 Å². The molecular formula is C27H27N5O3S2. The van der Waals surface area contributed by atoms with Gasteiger partial charge in [0.05, 0.1) is 15.5 Å². The molecule has 0 spiro atoms. The van der Waals surface area contributed by atoms with Crippen LogP contribution in [0.5, 0.6) is 0 Å². The van der Waals surface area contributed by atoms with Gasteiger partial charge in [0.25, 0.3) is 11.1 Å². The first-order valence-electron chi connectivity index (χ1n) is 12.2. The summed E-state index contributed by atoms with van der Waals surface area (Å²) in [5.41, 5.74) is 2.98. The Kier molecular flexibility index (Phi) is 7.78. The SMILES string of the molecule is CC(=O)c1ccc(-c2cccc(CNCC3CCN(c4nccc(/C=C5/SC(=O)NC5=O)n4)CC3)c2)s1. The van der Waals surface area contributed by atoms with Crippen LogP contribution in [0.1, 0.15) is 40.7 Å². The largest absolute Gasteiger partial charge is 0.341 e. The maximum Gasteiger partial charge on any atom is 0.290 e. The molecule has 190 valence electrons. The Morgan fingerprint density at radius 2 is 2.03 bits per heavy atom. The highest BCUT2D eigenvalue weighted by Crippen LogP contribution is 2.29. The number of hydrogen-bond acceptors (Lipinski definition) is 9. The summed E-state index contributed by atoms with van der Waals surface area (Å²) in [6.07, 6.45) is 5.39. The molecule has 0 bridgehead atoms. The summed E-state index contributed by atoms with van der Waals surface area (Å²) < 4.78 is 0. The highest BCUT2D eigenvalue weighted by molar-refractivity contribution is 8.18. The van der Waals surface area contributed by atoms with E-state index in [0.717, 1.165) is 66.1 Å². The van der Waals surface area contributed by atoms with E-state index in [9.17, 15) is 14.4 Å². The zero-order valence-electron chi connectivity index (χ0n) is 20.4. The van der Waals surface area contributed by atoms with Crippen molar-refractivity contribution in [2.45, 2.75) is 26.3 Å². The molecule has 3 aromatic rings. The normalized spacial score (nSPS) is 17.4. The minimum atomic E-state index is -0.385. The maximum absolute atomic E-state index is 11.8. The topological polar surface area (TPSA) is 104 Å². The van der Waals surface area contributed by atoms with E-state index in [1.807, 2.05) is 12.1 Å². The van der Waals surface area contributed by atoms with E-state index >= 15 is 0 Å². The van der Waals surface area contributed by atoms with E-state index in [-0.39, 0.29) is 16.9 Å². The van der Waals surface area contributed by atoms with Crippen LogP contribution >= 0.6 is 23.1 Å². The van der Waals surface area contributed by atoms with Crippen molar-refractivity contribution in [1.29, 1.82) is 0 Å². The molecule has 2 saturated heterocycles. The number of imide groups is 1. The molecular weight excluding hydrogens is 506 g/mol. The molecule has 0 saturated carbocycles. The van der Waals surface area contributed by atoms with Crippen molar-refractivity contribution >= 4 is 52.1 Å². The smallest absolute Gasteiger partial charge is 0.290 e. The van der Waals surface area contributed by atoms with Gasteiger partial charge in [-0.05, 0) is 85.5 Å². The average molecular weight is 534 g/mol. The Labute approximate surface area is 223 Å². The van der Waals surface area contributed by atoms with Gasteiger partial charge in [0.15, 0.2) is 5.78 Å². The van der Waals surface area contributed by atoms with Crippen LogP contribution in [0.3, 0.4) is 0 Å². The Balaban J connectivity index is 1.11. The molecule has 0 unspecified atom stereocenters. The van der Waals surface area contributed by atoms with Gasteiger partial charge in [0, 0.05) is 30.7 Å². The van der Waals surface area contributed by atoms with Crippen LogP contribution in [0.4, 0.5) is 10.7 Å². The van der Waals surface area contributed by atoms with Gasteiger partial charge in [0.1, 0.15) is 0 Å². The van der Waals surface area contributed by atoms with Crippen LogP contribution in [-0.4, -0.2) is 46.5 Å². The van der Waals surface area contributed by atoms with Crippen LogP contribution in [0.15, 0.2) is 53.6 Å². The number of piperidine rings is 1. The number of carbonyl (C=O) groups is 3. The van der Waals surface area contributed by atoms with Gasteiger partial charge in [0.2, 0.25) is 5.95 Å². The lowest BCUT2D eigenvalue weighted by atomic mass is 9.97. The van der Waals surface area contributed by atoms with Crippen molar-refractivity contribution in [3.8, 4) is 10.4 Å². The van der Waals surface area contributed by atoms with Crippen molar-refractivity contribution in [3.63, 3.8) is 0 Å². The minimum absolute atomic E-state index is 0.103. The number of benzene rings is 1. The number of hydrogen-bond donors (Lipinski definition) is 2. The lowest BCUT2D eigenvalue weighted by Crippen LogP contribution is -2.38. The second-order valence-corrected chi connectivity index (χ2v) is 11.2. The van der Waals surface area contributed by atoms with E-state index in [1.54, 1.807) is 25.3 Å². The summed E-state index contributed by atoms with van der Waals surface area (Å²) in [6, 6.07) is 14.1. The third kappa shape index (κ3) is 6.33. The molecule has 0 atom stereocenters. The van der Waals surface area contributed by atoms with Gasteiger partial charge in [-0.25, -0.2) is 9.97 Å². The quantitative estimate of drug-likeness (QED) is 0.316. The van der Waals surface area contributed by atoms with Crippen molar-refractivity contribution in [2.75, 3.05) is 24.5 Å². The maximum atomic E-state index is 11.8. The number of thiophene rings is 1. The Bertz CT molecular complexity index is 1360. The first kappa shape index (κ1) is 25.3. The fourth-order valence-electron chi connectivity index (χ4n) is 4.42. The molecule has 2 aliphatic heterocycles. The molecule has 2 aromatic heterocycles. The van der Waals surface area contributed by atoms with Crippen molar-refractivity contribution < 1.29 is 14.4 Å². The molecule has 0 aliphatic carbocycles. The van der Waals surface area contributed by atoms with Gasteiger partial charge in [-0.15, -0.1) is 11.3 Å². The molecule has 2 fully saturated rings. The summed E-state index contributed by atoms with van der Waals surface area (Å²) in [5.74, 6) is 0.939. The number of aromatic nitrogens is 2. The molecule has 4 heterocycles. The zero-order chi connectivity index (χ0) is 25.8. The number of thioether (sulfide) groups is 1. The monoisotopic (exact) mass is 533 g/mol. The molecule has 10 heteroatoms. The van der Waals surface area contributed by atoms with E-state index in [4.69, 9.17) is 0 Å². The molecule has 2 aliphatic rings. The number of nitrogens with one attached hydrogen (secondary N) is 2. The van der Waals surface area contributed by atoms with E-state index in [0.29, 0.717) is 22.5 Å². The molecule has 8 nitrogen and oxygen atoms in total. The van der Waals surface area contributed by atoms with Gasteiger partial charge in [-0.3, -0.25) is 19.7 Å². The van der Waals surface area contributed by atoms with Gasteiger partial charge >= 0.3 is 0 Å². The number of Topliss-reactive ketones (excluding diaryl/α,β-unsaturated/α-hetero) is 1. The summed E-state index contributed by atoms with van der Waals surface area (Å²) in [4.78, 5) is 48.2. The first-order valence-corrected chi connectivity index (χ1v) is 13.8. The predicted molar refractivity (Wildman–Crippen MR) is 148 cm³/mol. The van der Waals surface area contributed by atoms with Gasteiger partial charge in [-0.1, -0.05) is 18.2 Å². The minimum Gasteiger partial charge on any atom is -0.341 e. The van der Waals surface area contributed by atoms with E-state index in [2.05, 4.69) is 49.8 Å². The number of nitrogens with zero attached hydrogens (tertiary/aromatic N) is 3. The average Bonchev–Trinajstić information content (AvgIpc) is 3.51. The van der Waals surface area contributed by atoms with Crippen molar-refractivity contribution in [2.24, 2.45) is 5.92 Å². The fraction of sp³-hybridized carbons (Fsp3) is 0.296. The summed E-state index contributed by atoms with van der Waals surface area (Å²) >= 11 is 2.42. The number of carbonyl (C=O) groups excluding carboxylic acids is 3.